The van der Waals surface area contributed by atoms with Gasteiger partial charge in [0.2, 0.25) is 10.0 Å². The molecule has 0 aliphatic carbocycles. The lowest BCUT2D eigenvalue weighted by atomic mass is 10.4. The van der Waals surface area contributed by atoms with Crippen LogP contribution in [0.3, 0.4) is 0 Å². The summed E-state index contributed by atoms with van der Waals surface area (Å²) in [4.78, 5) is 0. The molecule has 1 aliphatic heterocycles. The van der Waals surface area contributed by atoms with E-state index in [1.165, 1.54) is 4.31 Å². The highest BCUT2D eigenvalue weighted by molar-refractivity contribution is 7.89. The predicted octanol–water partition coefficient (Wildman–Crippen LogP) is 0.534. The molecule has 1 aromatic heterocycles. The first kappa shape index (κ1) is 12.5. The van der Waals surface area contributed by atoms with Gasteiger partial charge in [0.15, 0.2) is 0 Å². The molecule has 0 radical (unpaired) electrons. The van der Waals surface area contributed by atoms with Gasteiger partial charge < -0.3 is 9.26 Å². The van der Waals surface area contributed by atoms with Crippen LogP contribution in [0, 0.1) is 6.92 Å². The average Bonchev–Trinajstić information content (AvgIpc) is 2.89. The van der Waals surface area contributed by atoms with Crippen molar-refractivity contribution in [2.24, 2.45) is 0 Å². The van der Waals surface area contributed by atoms with Crippen LogP contribution in [0.2, 0.25) is 0 Å². The highest BCUT2D eigenvalue weighted by Gasteiger charge is 2.33. The number of sulfonamides is 1. The van der Waals surface area contributed by atoms with E-state index in [9.17, 15) is 8.42 Å². The third-order valence-electron chi connectivity index (χ3n) is 2.80. The van der Waals surface area contributed by atoms with Gasteiger partial charge in [0.25, 0.3) is 0 Å². The molecule has 7 heteroatoms. The monoisotopic (exact) mass is 260 g/mol. The number of aromatic nitrogens is 1. The molecule has 1 fully saturated rings. The Labute approximate surface area is 101 Å². The number of ether oxygens (including phenoxy) is 1. The SMILES string of the molecule is Cc1cc(CN(C)S(=O)(=O)[C@H]2CCOC2)no1. The molecule has 0 aromatic carbocycles. The van der Waals surface area contributed by atoms with E-state index in [-0.39, 0.29) is 13.2 Å². The number of nitrogens with zero attached hydrogens (tertiary/aromatic N) is 2. The van der Waals surface area contributed by atoms with Crippen LogP contribution in [-0.4, -0.2) is 43.4 Å². The molecule has 0 amide bonds. The van der Waals surface area contributed by atoms with Crippen molar-refractivity contribution in [1.82, 2.24) is 9.46 Å². The maximum atomic E-state index is 12.1. The van der Waals surface area contributed by atoms with Crippen molar-refractivity contribution in [2.75, 3.05) is 20.3 Å². The van der Waals surface area contributed by atoms with Crippen molar-refractivity contribution >= 4 is 10.0 Å². The molecule has 17 heavy (non-hydrogen) atoms. The Morgan fingerprint density at radius 2 is 2.35 bits per heavy atom. The van der Waals surface area contributed by atoms with Gasteiger partial charge in [0, 0.05) is 19.7 Å². The lowest BCUT2D eigenvalue weighted by Crippen LogP contribution is -2.36. The van der Waals surface area contributed by atoms with Crippen molar-refractivity contribution in [2.45, 2.75) is 25.1 Å². The molecule has 1 saturated heterocycles. The number of hydrogen-bond acceptors (Lipinski definition) is 5. The van der Waals surface area contributed by atoms with Crippen LogP contribution in [0.1, 0.15) is 17.9 Å². The van der Waals surface area contributed by atoms with E-state index >= 15 is 0 Å². The van der Waals surface area contributed by atoms with Crippen LogP contribution in [-0.2, 0) is 21.3 Å². The Hall–Kier alpha value is -0.920. The first-order valence-corrected chi connectivity index (χ1v) is 6.95. The molecule has 0 spiro atoms. The standard InChI is InChI=1S/C10H16N2O4S/c1-8-5-9(11-16-8)6-12(2)17(13,14)10-3-4-15-7-10/h5,10H,3-4,6-7H2,1-2H3/t10-/m0/s1. The van der Waals surface area contributed by atoms with Crippen LogP contribution >= 0.6 is 0 Å². The lowest BCUT2D eigenvalue weighted by molar-refractivity contribution is 0.198. The molecule has 0 bridgehead atoms. The van der Waals surface area contributed by atoms with Gasteiger partial charge in [-0.15, -0.1) is 0 Å². The topological polar surface area (TPSA) is 72.6 Å². The molecule has 0 N–H and O–H groups in total. The molecule has 0 unspecified atom stereocenters. The van der Waals surface area contributed by atoms with Gasteiger partial charge in [-0.05, 0) is 13.3 Å². The maximum absolute atomic E-state index is 12.1. The fraction of sp³-hybridized carbons (Fsp3) is 0.700. The van der Waals surface area contributed by atoms with E-state index in [1.54, 1.807) is 20.0 Å². The van der Waals surface area contributed by atoms with Crippen molar-refractivity contribution in [1.29, 1.82) is 0 Å². The first-order chi connectivity index (χ1) is 8.00. The summed E-state index contributed by atoms with van der Waals surface area (Å²) in [6.45, 7) is 2.80. The average molecular weight is 260 g/mol. The van der Waals surface area contributed by atoms with E-state index in [1.807, 2.05) is 0 Å². The molecule has 96 valence electrons. The minimum Gasteiger partial charge on any atom is -0.380 e. The van der Waals surface area contributed by atoms with Crippen LogP contribution < -0.4 is 0 Å². The summed E-state index contributed by atoms with van der Waals surface area (Å²) in [6.07, 6.45) is 0.560. The van der Waals surface area contributed by atoms with Gasteiger partial charge in [-0.3, -0.25) is 0 Å². The summed E-state index contributed by atoms with van der Waals surface area (Å²) in [6, 6.07) is 1.73. The van der Waals surface area contributed by atoms with E-state index in [4.69, 9.17) is 9.26 Å². The highest BCUT2D eigenvalue weighted by Crippen LogP contribution is 2.18. The Kier molecular flexibility index (Phi) is 3.50. The summed E-state index contributed by atoms with van der Waals surface area (Å²) < 4.78 is 35.6. The van der Waals surface area contributed by atoms with E-state index in [2.05, 4.69) is 5.16 Å². The highest BCUT2D eigenvalue weighted by atomic mass is 32.2. The van der Waals surface area contributed by atoms with Gasteiger partial charge in [0.05, 0.1) is 18.8 Å². The maximum Gasteiger partial charge on any atom is 0.219 e. The van der Waals surface area contributed by atoms with Crippen molar-refractivity contribution in [3.05, 3.63) is 17.5 Å². The van der Waals surface area contributed by atoms with Crippen molar-refractivity contribution < 1.29 is 17.7 Å². The molecule has 6 nitrogen and oxygen atoms in total. The third-order valence-corrected chi connectivity index (χ3v) is 5.02. The normalized spacial score (nSPS) is 21.2. The van der Waals surface area contributed by atoms with Gasteiger partial charge in [-0.1, -0.05) is 5.16 Å². The second kappa shape index (κ2) is 4.75. The van der Waals surface area contributed by atoms with Gasteiger partial charge in [-0.2, -0.15) is 4.31 Å². The minimum atomic E-state index is -3.30. The molecular formula is C10H16N2O4S. The predicted molar refractivity (Wildman–Crippen MR) is 60.9 cm³/mol. The van der Waals surface area contributed by atoms with E-state index in [0.717, 1.165) is 0 Å². The van der Waals surface area contributed by atoms with Crippen LogP contribution in [0.15, 0.2) is 10.6 Å². The summed E-state index contributed by atoms with van der Waals surface area (Å²) in [7, 11) is -1.75. The molecule has 1 atom stereocenters. The Bertz CT molecular complexity index is 476. The van der Waals surface area contributed by atoms with Crippen molar-refractivity contribution in [3.63, 3.8) is 0 Å². The molecular weight excluding hydrogens is 244 g/mol. The number of rotatable bonds is 4. The largest absolute Gasteiger partial charge is 0.380 e. The van der Waals surface area contributed by atoms with Gasteiger partial charge in [0.1, 0.15) is 11.0 Å². The zero-order valence-corrected chi connectivity index (χ0v) is 10.7. The third kappa shape index (κ3) is 2.67. The Morgan fingerprint density at radius 3 is 2.88 bits per heavy atom. The quantitative estimate of drug-likeness (QED) is 0.789. The molecule has 1 aliphatic rings. The zero-order valence-electron chi connectivity index (χ0n) is 9.92. The Balaban J connectivity index is 2.06. The summed E-state index contributed by atoms with van der Waals surface area (Å²) in [5.41, 5.74) is 0.618. The van der Waals surface area contributed by atoms with Crippen molar-refractivity contribution in [3.8, 4) is 0 Å². The summed E-state index contributed by atoms with van der Waals surface area (Å²) in [5.74, 6) is 0.676. The summed E-state index contributed by atoms with van der Waals surface area (Å²) >= 11 is 0. The number of aryl methyl sites for hydroxylation is 1. The van der Waals surface area contributed by atoms with Gasteiger partial charge >= 0.3 is 0 Å². The molecule has 2 rings (SSSR count). The Morgan fingerprint density at radius 1 is 1.59 bits per heavy atom. The minimum absolute atomic E-state index is 0.232. The molecule has 0 saturated carbocycles. The van der Waals surface area contributed by atoms with E-state index in [0.29, 0.717) is 24.5 Å². The van der Waals surface area contributed by atoms with Crippen LogP contribution in [0.5, 0.6) is 0 Å². The smallest absolute Gasteiger partial charge is 0.219 e. The fourth-order valence-corrected chi connectivity index (χ4v) is 3.30. The summed E-state index contributed by atoms with van der Waals surface area (Å²) in [5, 5.41) is 3.35. The van der Waals surface area contributed by atoms with Gasteiger partial charge in [-0.25, -0.2) is 8.42 Å². The van der Waals surface area contributed by atoms with Crippen LogP contribution in [0.25, 0.3) is 0 Å². The van der Waals surface area contributed by atoms with E-state index < -0.39 is 15.3 Å². The van der Waals surface area contributed by atoms with Crippen LogP contribution in [0.4, 0.5) is 0 Å². The first-order valence-electron chi connectivity index (χ1n) is 5.45. The number of hydrogen-bond donors (Lipinski definition) is 0. The lowest BCUT2D eigenvalue weighted by Gasteiger charge is -2.19. The fourth-order valence-electron chi connectivity index (χ4n) is 1.81. The zero-order chi connectivity index (χ0) is 12.5. The molecule has 1 aromatic rings. The molecule has 2 heterocycles. The second-order valence-electron chi connectivity index (χ2n) is 4.22. The second-order valence-corrected chi connectivity index (χ2v) is 6.54.